The molecule has 3 nitrogen and oxygen atoms in total. The molecule has 14 heavy (non-hydrogen) atoms. The number of nitrogens with one attached hydrogen (secondary N) is 1. The molecule has 1 aliphatic rings. The zero-order chi connectivity index (χ0) is 9.97. The summed E-state index contributed by atoms with van der Waals surface area (Å²) in [6.07, 6.45) is 6.40. The molecular formula is C10H14N2OS. The maximum absolute atomic E-state index is 11.7. The van der Waals surface area contributed by atoms with E-state index in [-0.39, 0.29) is 5.91 Å². The van der Waals surface area contributed by atoms with Crippen molar-refractivity contribution >= 4 is 17.2 Å². The molecule has 0 spiro atoms. The third kappa shape index (κ3) is 2.12. The van der Waals surface area contributed by atoms with Gasteiger partial charge >= 0.3 is 0 Å². The molecule has 1 aliphatic carbocycles. The number of carbonyl (C=O) groups is 1. The lowest BCUT2D eigenvalue weighted by Crippen LogP contribution is -2.31. The second kappa shape index (κ2) is 4.09. The first-order valence-corrected chi connectivity index (χ1v) is 5.80. The summed E-state index contributed by atoms with van der Waals surface area (Å²) in [5, 5.41) is 3.99. The van der Waals surface area contributed by atoms with Crippen molar-refractivity contribution in [2.45, 2.75) is 38.6 Å². The normalized spacial score (nSPS) is 17.2. The molecule has 0 aromatic carbocycles. The third-order valence-electron chi connectivity index (χ3n) is 2.54. The Balaban J connectivity index is 1.95. The summed E-state index contributed by atoms with van der Waals surface area (Å²) in [7, 11) is 0. The minimum absolute atomic E-state index is 0.0440. The van der Waals surface area contributed by atoms with Crippen molar-refractivity contribution in [2.24, 2.45) is 0 Å². The zero-order valence-electron chi connectivity index (χ0n) is 8.25. The van der Waals surface area contributed by atoms with Gasteiger partial charge in [-0.2, -0.15) is 0 Å². The number of aromatic nitrogens is 1. The van der Waals surface area contributed by atoms with Gasteiger partial charge in [0.1, 0.15) is 4.88 Å². The van der Waals surface area contributed by atoms with Crippen LogP contribution in [0, 0.1) is 6.92 Å². The zero-order valence-corrected chi connectivity index (χ0v) is 9.06. The molecule has 0 radical (unpaired) electrons. The Hall–Kier alpha value is -0.900. The molecule has 0 bridgehead atoms. The summed E-state index contributed by atoms with van der Waals surface area (Å²) in [4.78, 5) is 16.5. The minimum atomic E-state index is 0.0440. The van der Waals surface area contributed by atoms with Crippen LogP contribution < -0.4 is 5.32 Å². The van der Waals surface area contributed by atoms with Gasteiger partial charge in [0.05, 0.1) is 11.2 Å². The van der Waals surface area contributed by atoms with Crippen LogP contribution in [-0.4, -0.2) is 16.9 Å². The molecule has 1 amide bonds. The number of thiazole rings is 1. The predicted molar refractivity (Wildman–Crippen MR) is 56.6 cm³/mol. The van der Waals surface area contributed by atoms with Crippen molar-refractivity contribution in [1.29, 1.82) is 0 Å². The van der Waals surface area contributed by atoms with Crippen LogP contribution in [0.2, 0.25) is 0 Å². The van der Waals surface area contributed by atoms with E-state index < -0.39 is 0 Å². The molecule has 0 atom stereocenters. The van der Waals surface area contributed by atoms with E-state index in [1.165, 1.54) is 24.2 Å². The Morgan fingerprint density at radius 3 is 2.86 bits per heavy atom. The van der Waals surface area contributed by atoms with Gasteiger partial charge in [0.25, 0.3) is 5.91 Å². The van der Waals surface area contributed by atoms with Gasteiger partial charge in [-0.25, -0.2) is 4.98 Å². The second-order valence-corrected chi connectivity index (χ2v) is 4.93. The van der Waals surface area contributed by atoms with Crippen LogP contribution in [0.3, 0.4) is 0 Å². The van der Waals surface area contributed by atoms with Crippen LogP contribution in [-0.2, 0) is 0 Å². The molecule has 1 saturated carbocycles. The van der Waals surface area contributed by atoms with Gasteiger partial charge in [-0.05, 0) is 19.8 Å². The van der Waals surface area contributed by atoms with Gasteiger partial charge in [0.2, 0.25) is 0 Å². The fourth-order valence-electron chi connectivity index (χ4n) is 1.79. The van der Waals surface area contributed by atoms with Gasteiger partial charge in [0.15, 0.2) is 0 Å². The Morgan fingerprint density at radius 2 is 2.29 bits per heavy atom. The average molecular weight is 210 g/mol. The van der Waals surface area contributed by atoms with Gasteiger partial charge in [-0.15, -0.1) is 11.3 Å². The van der Waals surface area contributed by atoms with Crippen molar-refractivity contribution in [3.63, 3.8) is 0 Å². The number of rotatable bonds is 2. The van der Waals surface area contributed by atoms with Gasteiger partial charge < -0.3 is 5.32 Å². The molecule has 1 aromatic heterocycles. The monoisotopic (exact) mass is 210 g/mol. The van der Waals surface area contributed by atoms with Crippen LogP contribution in [0.4, 0.5) is 0 Å². The van der Waals surface area contributed by atoms with Crippen molar-refractivity contribution < 1.29 is 4.79 Å². The van der Waals surface area contributed by atoms with Crippen molar-refractivity contribution in [3.8, 4) is 0 Å². The summed E-state index contributed by atoms with van der Waals surface area (Å²) < 4.78 is 0. The summed E-state index contributed by atoms with van der Waals surface area (Å²) in [6.45, 7) is 1.91. The Labute approximate surface area is 87.6 Å². The molecular weight excluding hydrogens is 196 g/mol. The maximum Gasteiger partial charge on any atom is 0.263 e. The molecule has 1 heterocycles. The predicted octanol–water partition coefficient (Wildman–Crippen LogP) is 2.12. The van der Waals surface area contributed by atoms with Crippen molar-refractivity contribution in [3.05, 3.63) is 16.1 Å². The lowest BCUT2D eigenvalue weighted by molar-refractivity contribution is 0.0942. The van der Waals surface area contributed by atoms with E-state index >= 15 is 0 Å². The van der Waals surface area contributed by atoms with Crippen LogP contribution in [0.25, 0.3) is 0 Å². The van der Waals surface area contributed by atoms with E-state index in [0.717, 1.165) is 22.7 Å². The highest BCUT2D eigenvalue weighted by molar-refractivity contribution is 7.13. The van der Waals surface area contributed by atoms with E-state index in [1.54, 1.807) is 6.20 Å². The van der Waals surface area contributed by atoms with E-state index in [1.807, 2.05) is 6.92 Å². The number of aryl methyl sites for hydroxylation is 1. The second-order valence-electron chi connectivity index (χ2n) is 3.70. The number of carbonyl (C=O) groups excluding carboxylic acids is 1. The van der Waals surface area contributed by atoms with Crippen LogP contribution in [0.1, 0.15) is 40.4 Å². The lowest BCUT2D eigenvalue weighted by Gasteiger charge is -2.09. The highest BCUT2D eigenvalue weighted by atomic mass is 32.1. The fraction of sp³-hybridized carbons (Fsp3) is 0.600. The quantitative estimate of drug-likeness (QED) is 0.812. The number of hydrogen-bond donors (Lipinski definition) is 1. The summed E-state index contributed by atoms with van der Waals surface area (Å²) in [5.74, 6) is 0.0440. The summed E-state index contributed by atoms with van der Waals surface area (Å²) >= 11 is 1.46. The molecule has 0 saturated heterocycles. The third-order valence-corrected chi connectivity index (χ3v) is 3.45. The van der Waals surface area contributed by atoms with E-state index in [4.69, 9.17) is 0 Å². The highest BCUT2D eigenvalue weighted by Crippen LogP contribution is 2.19. The molecule has 1 fully saturated rings. The van der Waals surface area contributed by atoms with Crippen molar-refractivity contribution in [2.75, 3.05) is 0 Å². The Bertz CT molecular complexity index is 329. The molecule has 2 rings (SSSR count). The first kappa shape index (κ1) is 9.65. The SMILES string of the molecule is Cc1ncc(C(=O)NC2CCCC2)s1. The summed E-state index contributed by atoms with van der Waals surface area (Å²) in [5.41, 5.74) is 0. The van der Waals surface area contributed by atoms with Gasteiger partial charge in [-0.3, -0.25) is 4.79 Å². The maximum atomic E-state index is 11.7. The largest absolute Gasteiger partial charge is 0.349 e. The van der Waals surface area contributed by atoms with Gasteiger partial charge in [0, 0.05) is 6.04 Å². The number of nitrogens with zero attached hydrogens (tertiary/aromatic N) is 1. The van der Waals surface area contributed by atoms with E-state index in [2.05, 4.69) is 10.3 Å². The van der Waals surface area contributed by atoms with Gasteiger partial charge in [-0.1, -0.05) is 12.8 Å². The topological polar surface area (TPSA) is 42.0 Å². The molecule has 0 unspecified atom stereocenters. The lowest BCUT2D eigenvalue weighted by atomic mass is 10.2. The van der Waals surface area contributed by atoms with E-state index in [9.17, 15) is 4.79 Å². The first-order chi connectivity index (χ1) is 6.75. The highest BCUT2D eigenvalue weighted by Gasteiger charge is 2.18. The minimum Gasteiger partial charge on any atom is -0.349 e. The van der Waals surface area contributed by atoms with Crippen LogP contribution >= 0.6 is 11.3 Å². The Kier molecular flexibility index (Phi) is 2.82. The number of hydrogen-bond acceptors (Lipinski definition) is 3. The summed E-state index contributed by atoms with van der Waals surface area (Å²) in [6, 6.07) is 0.393. The number of amides is 1. The standard InChI is InChI=1S/C10H14N2OS/c1-7-11-6-9(14-7)10(13)12-8-4-2-3-5-8/h6,8H,2-5H2,1H3,(H,12,13). The smallest absolute Gasteiger partial charge is 0.263 e. The first-order valence-electron chi connectivity index (χ1n) is 4.99. The average Bonchev–Trinajstić information content (AvgIpc) is 2.75. The molecule has 0 aliphatic heterocycles. The molecule has 1 aromatic rings. The molecule has 4 heteroatoms. The molecule has 1 N–H and O–H groups in total. The fourth-order valence-corrected chi connectivity index (χ4v) is 2.47. The van der Waals surface area contributed by atoms with Crippen LogP contribution in [0.5, 0.6) is 0 Å². The molecule has 76 valence electrons. The van der Waals surface area contributed by atoms with E-state index in [0.29, 0.717) is 6.04 Å². The van der Waals surface area contributed by atoms with Crippen molar-refractivity contribution in [1.82, 2.24) is 10.3 Å². The van der Waals surface area contributed by atoms with Crippen LogP contribution in [0.15, 0.2) is 6.20 Å². The Morgan fingerprint density at radius 1 is 1.57 bits per heavy atom.